The maximum atomic E-state index is 13.6. The first-order valence-corrected chi connectivity index (χ1v) is 6.99. The van der Waals surface area contributed by atoms with Gasteiger partial charge in [-0.05, 0) is 44.5 Å². The Morgan fingerprint density at radius 3 is 2.68 bits per heavy atom. The van der Waals surface area contributed by atoms with Crippen LogP contribution < -0.4 is 5.32 Å². The minimum atomic E-state index is -1.18. The topological polar surface area (TPSA) is 64.6 Å². The van der Waals surface area contributed by atoms with E-state index in [1.807, 2.05) is 0 Å². The summed E-state index contributed by atoms with van der Waals surface area (Å²) in [5, 5.41) is 2.41. The van der Waals surface area contributed by atoms with Crippen LogP contribution in [-0.4, -0.2) is 24.8 Å². The highest BCUT2D eigenvalue weighted by molar-refractivity contribution is 6.30. The van der Waals surface area contributed by atoms with E-state index in [-0.39, 0.29) is 17.3 Å². The lowest BCUT2D eigenvalue weighted by Crippen LogP contribution is -2.32. The molecule has 0 bridgehead atoms. The molecule has 1 aromatic carbocycles. The first-order chi connectivity index (χ1) is 10.4. The lowest BCUT2D eigenvalue weighted by atomic mass is 10.1. The molecule has 1 rings (SSSR count). The van der Waals surface area contributed by atoms with Crippen LogP contribution in [0.15, 0.2) is 29.8 Å². The average Bonchev–Trinajstić information content (AvgIpc) is 2.47. The number of amides is 1. The van der Waals surface area contributed by atoms with Gasteiger partial charge in [0.25, 0.3) is 0 Å². The summed E-state index contributed by atoms with van der Waals surface area (Å²) in [7, 11) is 0. The molecule has 0 saturated heterocycles. The normalized spacial score (nSPS) is 12.5. The van der Waals surface area contributed by atoms with Gasteiger partial charge in [0.1, 0.15) is 5.82 Å². The van der Waals surface area contributed by atoms with E-state index in [2.05, 4.69) is 5.32 Å². The minimum absolute atomic E-state index is 0.102. The standard InChI is InChI=1S/C15H17ClFNO4/c1-4-9(3)13(14(19)21-5-2)22-15(20)18-12-7-6-10(16)8-11(12)17/h4,6-8,13H,5H2,1-3H3,(H,18,20). The maximum absolute atomic E-state index is 13.6. The third-order valence-corrected chi connectivity index (χ3v) is 3.00. The summed E-state index contributed by atoms with van der Waals surface area (Å²) in [5.41, 5.74) is 0.403. The average molecular weight is 330 g/mol. The van der Waals surface area contributed by atoms with Crippen LogP contribution in [0.2, 0.25) is 5.02 Å². The number of rotatable bonds is 5. The first-order valence-electron chi connectivity index (χ1n) is 6.61. The van der Waals surface area contributed by atoms with Gasteiger partial charge >= 0.3 is 12.1 Å². The number of nitrogens with one attached hydrogen (secondary N) is 1. The fourth-order valence-corrected chi connectivity index (χ4v) is 1.69. The van der Waals surface area contributed by atoms with Crippen LogP contribution in [-0.2, 0) is 14.3 Å². The van der Waals surface area contributed by atoms with E-state index in [1.54, 1.807) is 26.8 Å². The molecule has 0 aromatic heterocycles. The van der Waals surface area contributed by atoms with Crippen molar-refractivity contribution in [1.29, 1.82) is 0 Å². The Kier molecular flexibility index (Phi) is 6.85. The third kappa shape index (κ3) is 5.04. The highest BCUT2D eigenvalue weighted by Gasteiger charge is 2.26. The summed E-state index contributed by atoms with van der Waals surface area (Å²) < 4.78 is 23.4. The minimum Gasteiger partial charge on any atom is -0.463 e. The Balaban J connectivity index is 2.81. The fraction of sp³-hybridized carbons (Fsp3) is 0.333. The van der Waals surface area contributed by atoms with Crippen LogP contribution in [0.4, 0.5) is 14.9 Å². The predicted octanol–water partition coefficient (Wildman–Crippen LogP) is 3.93. The molecule has 1 unspecified atom stereocenters. The molecule has 7 heteroatoms. The van der Waals surface area contributed by atoms with E-state index < -0.39 is 24.0 Å². The van der Waals surface area contributed by atoms with Gasteiger partial charge in [-0.25, -0.2) is 14.0 Å². The molecule has 1 amide bonds. The number of benzene rings is 1. The molecule has 120 valence electrons. The second-order valence-electron chi connectivity index (χ2n) is 4.32. The molecule has 0 saturated carbocycles. The molecular weight excluding hydrogens is 313 g/mol. The van der Waals surface area contributed by atoms with Gasteiger partial charge in [-0.15, -0.1) is 0 Å². The number of esters is 1. The van der Waals surface area contributed by atoms with Crippen LogP contribution >= 0.6 is 11.6 Å². The summed E-state index contributed by atoms with van der Waals surface area (Å²) in [6.45, 7) is 5.12. The lowest BCUT2D eigenvalue weighted by molar-refractivity contribution is -0.150. The molecule has 5 nitrogen and oxygen atoms in total. The molecule has 1 N–H and O–H groups in total. The Labute approximate surface area is 133 Å². The summed E-state index contributed by atoms with van der Waals surface area (Å²) in [5.74, 6) is -1.40. The van der Waals surface area contributed by atoms with Crippen molar-refractivity contribution < 1.29 is 23.5 Å². The van der Waals surface area contributed by atoms with Gasteiger partial charge in [-0.3, -0.25) is 5.32 Å². The SMILES string of the molecule is CC=C(C)C(OC(=O)Nc1ccc(Cl)cc1F)C(=O)OCC. The zero-order valence-electron chi connectivity index (χ0n) is 12.5. The molecule has 0 fully saturated rings. The van der Waals surface area contributed by atoms with Gasteiger partial charge in [0.15, 0.2) is 0 Å². The van der Waals surface area contributed by atoms with Crippen molar-refractivity contribution in [3.63, 3.8) is 0 Å². The van der Waals surface area contributed by atoms with E-state index in [4.69, 9.17) is 21.1 Å². The maximum Gasteiger partial charge on any atom is 0.412 e. The number of carbonyl (C=O) groups excluding carboxylic acids is 2. The van der Waals surface area contributed by atoms with E-state index in [0.717, 1.165) is 6.07 Å². The van der Waals surface area contributed by atoms with Crippen molar-refractivity contribution in [2.45, 2.75) is 26.9 Å². The van der Waals surface area contributed by atoms with E-state index in [1.165, 1.54) is 12.1 Å². The Hall–Kier alpha value is -2.08. The van der Waals surface area contributed by atoms with E-state index in [0.29, 0.717) is 5.57 Å². The third-order valence-electron chi connectivity index (χ3n) is 2.76. The molecule has 1 aromatic rings. The molecule has 0 aliphatic rings. The quantitative estimate of drug-likeness (QED) is 0.656. The second-order valence-corrected chi connectivity index (χ2v) is 4.76. The number of hydrogen-bond acceptors (Lipinski definition) is 4. The number of hydrogen-bond donors (Lipinski definition) is 1. The first kappa shape index (κ1) is 18.0. The molecule has 1 atom stereocenters. The Morgan fingerprint density at radius 1 is 1.45 bits per heavy atom. The summed E-state index contributed by atoms with van der Waals surface area (Å²) in [4.78, 5) is 23.6. The molecule has 22 heavy (non-hydrogen) atoms. The number of halogens is 2. The number of ether oxygens (including phenoxy) is 2. The highest BCUT2D eigenvalue weighted by atomic mass is 35.5. The summed E-state index contributed by atoms with van der Waals surface area (Å²) in [6.07, 6.45) is -0.529. The van der Waals surface area contributed by atoms with Gasteiger partial charge in [0.2, 0.25) is 6.10 Å². The fourth-order valence-electron chi connectivity index (χ4n) is 1.53. The van der Waals surface area contributed by atoms with Crippen molar-refractivity contribution in [3.8, 4) is 0 Å². The summed E-state index contributed by atoms with van der Waals surface area (Å²) in [6, 6.07) is 3.76. The van der Waals surface area contributed by atoms with Crippen LogP contribution in [0.1, 0.15) is 20.8 Å². The number of allylic oxidation sites excluding steroid dienone is 1. The molecular formula is C15H17ClFNO4. The van der Waals surface area contributed by atoms with Crippen molar-refractivity contribution in [3.05, 3.63) is 40.7 Å². The van der Waals surface area contributed by atoms with Gasteiger partial charge in [0, 0.05) is 5.02 Å². The van der Waals surface area contributed by atoms with Crippen LogP contribution in [0.3, 0.4) is 0 Å². The van der Waals surface area contributed by atoms with Crippen LogP contribution in [0.25, 0.3) is 0 Å². The molecule has 0 spiro atoms. The molecule has 0 radical (unpaired) electrons. The van der Waals surface area contributed by atoms with Crippen molar-refractivity contribution in [1.82, 2.24) is 0 Å². The Bertz CT molecular complexity index is 589. The summed E-state index contributed by atoms with van der Waals surface area (Å²) >= 11 is 5.62. The van der Waals surface area contributed by atoms with Crippen molar-refractivity contribution in [2.75, 3.05) is 11.9 Å². The molecule has 0 heterocycles. The largest absolute Gasteiger partial charge is 0.463 e. The zero-order chi connectivity index (χ0) is 16.7. The Morgan fingerprint density at radius 2 is 2.14 bits per heavy atom. The smallest absolute Gasteiger partial charge is 0.412 e. The van der Waals surface area contributed by atoms with Crippen LogP contribution in [0.5, 0.6) is 0 Å². The monoisotopic (exact) mass is 329 g/mol. The van der Waals surface area contributed by atoms with Gasteiger partial charge < -0.3 is 9.47 Å². The van der Waals surface area contributed by atoms with Gasteiger partial charge in [-0.2, -0.15) is 0 Å². The highest BCUT2D eigenvalue weighted by Crippen LogP contribution is 2.19. The number of carbonyl (C=O) groups is 2. The zero-order valence-corrected chi connectivity index (χ0v) is 13.2. The van der Waals surface area contributed by atoms with E-state index >= 15 is 0 Å². The van der Waals surface area contributed by atoms with Crippen LogP contribution in [0, 0.1) is 5.82 Å². The predicted molar refractivity (Wildman–Crippen MR) is 81.4 cm³/mol. The van der Waals surface area contributed by atoms with Gasteiger partial charge in [0.05, 0.1) is 12.3 Å². The van der Waals surface area contributed by atoms with Crippen molar-refractivity contribution >= 4 is 29.4 Å². The number of anilines is 1. The van der Waals surface area contributed by atoms with Crippen molar-refractivity contribution in [2.24, 2.45) is 0 Å². The van der Waals surface area contributed by atoms with Gasteiger partial charge in [-0.1, -0.05) is 17.7 Å². The second kappa shape index (κ2) is 8.38. The molecule has 0 aliphatic carbocycles. The van der Waals surface area contributed by atoms with E-state index in [9.17, 15) is 14.0 Å². The molecule has 0 aliphatic heterocycles. The lowest BCUT2D eigenvalue weighted by Gasteiger charge is -2.17.